The molecule has 0 aromatic heterocycles. The van der Waals surface area contributed by atoms with Crippen LogP contribution >= 0.6 is 23.2 Å². The summed E-state index contributed by atoms with van der Waals surface area (Å²) >= 11 is 11.7. The van der Waals surface area contributed by atoms with E-state index in [-0.39, 0.29) is 30.5 Å². The van der Waals surface area contributed by atoms with E-state index >= 15 is 0 Å². The molecule has 0 unspecified atom stereocenters. The maximum absolute atomic E-state index is 12.6. The van der Waals surface area contributed by atoms with Crippen LogP contribution in [0.4, 0.5) is 13.2 Å². The molecular weight excluding hydrogens is 418 g/mol. The summed E-state index contributed by atoms with van der Waals surface area (Å²) in [5.41, 5.74) is -0.800. The van der Waals surface area contributed by atoms with Crippen LogP contribution in [-0.4, -0.2) is 25.7 Å². The van der Waals surface area contributed by atoms with E-state index in [4.69, 9.17) is 32.7 Å². The highest BCUT2D eigenvalue weighted by Crippen LogP contribution is 2.31. The third-order valence-corrected chi connectivity index (χ3v) is 3.75. The van der Waals surface area contributed by atoms with Crippen molar-refractivity contribution < 1.29 is 27.4 Å². The number of nitrogens with one attached hydrogen (secondary N) is 1. The van der Waals surface area contributed by atoms with Gasteiger partial charge < -0.3 is 14.8 Å². The van der Waals surface area contributed by atoms with Crippen molar-refractivity contribution in [2.45, 2.75) is 6.18 Å². The zero-order chi connectivity index (χ0) is 20.6. The van der Waals surface area contributed by atoms with Gasteiger partial charge in [-0.2, -0.15) is 13.2 Å². The lowest BCUT2D eigenvalue weighted by Gasteiger charge is -2.08. The van der Waals surface area contributed by atoms with E-state index in [1.165, 1.54) is 18.2 Å². The number of hydrogen-bond acceptors (Lipinski definition) is 3. The van der Waals surface area contributed by atoms with E-state index in [9.17, 15) is 18.0 Å². The van der Waals surface area contributed by atoms with Crippen LogP contribution < -0.4 is 14.8 Å². The first-order valence-electron chi connectivity index (χ1n) is 7.86. The first-order chi connectivity index (χ1) is 13.3. The first-order valence-corrected chi connectivity index (χ1v) is 8.61. The monoisotopic (exact) mass is 431 g/mol. The average molecular weight is 432 g/mol. The molecule has 148 valence electrons. The molecule has 0 bridgehead atoms. The van der Waals surface area contributed by atoms with E-state index < -0.39 is 17.6 Å². The predicted molar refractivity (Wildman–Crippen MR) is 99.7 cm³/mol. The van der Waals surface area contributed by atoms with Crippen molar-refractivity contribution in [3.8, 4) is 23.3 Å². The Hall–Kier alpha value is -2.56. The maximum atomic E-state index is 12.6. The fraction of sp³-hybridized carbons (Fsp3) is 0.211. The third-order valence-electron chi connectivity index (χ3n) is 3.22. The number of ether oxygens (including phenoxy) is 2. The fourth-order valence-corrected chi connectivity index (χ4v) is 2.39. The highest BCUT2D eigenvalue weighted by atomic mass is 35.5. The Bertz CT molecular complexity index is 892. The molecule has 0 saturated heterocycles. The van der Waals surface area contributed by atoms with E-state index in [1.807, 2.05) is 0 Å². The van der Waals surface area contributed by atoms with Gasteiger partial charge >= 0.3 is 6.18 Å². The van der Waals surface area contributed by atoms with Crippen molar-refractivity contribution >= 4 is 29.1 Å². The minimum Gasteiger partial charge on any atom is -0.482 e. The summed E-state index contributed by atoms with van der Waals surface area (Å²) in [6.45, 7) is -0.347. The van der Waals surface area contributed by atoms with Crippen molar-refractivity contribution in [1.29, 1.82) is 0 Å². The third kappa shape index (κ3) is 7.22. The molecule has 4 nitrogen and oxygen atoms in total. The lowest BCUT2D eigenvalue weighted by molar-refractivity contribution is -0.137. The van der Waals surface area contributed by atoms with Crippen molar-refractivity contribution in [2.24, 2.45) is 0 Å². The molecule has 0 aliphatic carbocycles. The van der Waals surface area contributed by atoms with Crippen molar-refractivity contribution in [3.63, 3.8) is 0 Å². The Labute approximate surface area is 169 Å². The van der Waals surface area contributed by atoms with E-state index in [0.29, 0.717) is 10.8 Å². The molecule has 2 aromatic carbocycles. The Kier molecular flexibility index (Phi) is 7.85. The van der Waals surface area contributed by atoms with Gasteiger partial charge in [-0.25, -0.2) is 0 Å². The van der Waals surface area contributed by atoms with Crippen LogP contribution in [0, 0.1) is 11.8 Å². The van der Waals surface area contributed by atoms with Crippen molar-refractivity contribution in [3.05, 3.63) is 58.1 Å². The average Bonchev–Trinajstić information content (AvgIpc) is 2.63. The van der Waals surface area contributed by atoms with Gasteiger partial charge in [0.2, 0.25) is 0 Å². The van der Waals surface area contributed by atoms with Crippen LogP contribution in [0.3, 0.4) is 0 Å². The second-order valence-corrected chi connectivity index (χ2v) is 6.15. The minimum atomic E-state index is -4.44. The predicted octanol–water partition coefficient (Wildman–Crippen LogP) is 4.59. The Morgan fingerprint density at radius 1 is 1.07 bits per heavy atom. The lowest BCUT2D eigenvalue weighted by atomic mass is 10.2. The quantitative estimate of drug-likeness (QED) is 0.680. The molecule has 0 heterocycles. The molecule has 1 amide bonds. The number of halogens is 5. The van der Waals surface area contributed by atoms with Crippen molar-refractivity contribution in [2.75, 3.05) is 19.8 Å². The molecular formula is C19H14Cl2F3NO3. The Morgan fingerprint density at radius 3 is 2.57 bits per heavy atom. The zero-order valence-electron chi connectivity index (χ0n) is 14.3. The van der Waals surface area contributed by atoms with Crippen LogP contribution in [-0.2, 0) is 11.0 Å². The molecule has 9 heteroatoms. The summed E-state index contributed by atoms with van der Waals surface area (Å²) in [6.07, 6.45) is -4.44. The molecule has 0 aliphatic heterocycles. The molecule has 1 N–H and O–H groups in total. The van der Waals surface area contributed by atoms with Gasteiger partial charge in [0.15, 0.2) is 6.61 Å². The van der Waals surface area contributed by atoms with Crippen LogP contribution in [0.1, 0.15) is 5.56 Å². The second-order valence-electron chi connectivity index (χ2n) is 5.31. The highest BCUT2D eigenvalue weighted by molar-refractivity contribution is 6.35. The van der Waals surface area contributed by atoms with Gasteiger partial charge in [0, 0.05) is 5.02 Å². The standard InChI is InChI=1S/C19H14Cl2F3NO3/c20-14-6-7-17(16(21)11-14)28-12-18(26)25-8-1-2-9-27-15-5-3-4-13(10-15)19(22,23)24/h3-7,10-11H,8-9,12H2,(H,25,26). The van der Waals surface area contributed by atoms with Crippen LogP contribution in [0.15, 0.2) is 42.5 Å². The number of benzene rings is 2. The molecule has 0 spiro atoms. The van der Waals surface area contributed by atoms with Crippen LogP contribution in [0.5, 0.6) is 11.5 Å². The molecule has 0 radical (unpaired) electrons. The second kappa shape index (κ2) is 10.1. The van der Waals surface area contributed by atoms with Crippen LogP contribution in [0.25, 0.3) is 0 Å². The maximum Gasteiger partial charge on any atom is 0.416 e. The molecule has 2 aromatic rings. The Balaban J connectivity index is 1.70. The number of rotatable bonds is 6. The van der Waals surface area contributed by atoms with E-state index in [0.717, 1.165) is 12.1 Å². The number of amides is 1. The van der Waals surface area contributed by atoms with Gasteiger partial charge in [-0.3, -0.25) is 4.79 Å². The molecule has 2 rings (SSSR count). The number of alkyl halides is 3. The smallest absolute Gasteiger partial charge is 0.416 e. The molecule has 0 fully saturated rings. The molecule has 0 aliphatic rings. The van der Waals surface area contributed by atoms with E-state index in [1.54, 1.807) is 12.1 Å². The molecule has 28 heavy (non-hydrogen) atoms. The highest BCUT2D eigenvalue weighted by Gasteiger charge is 2.30. The SMILES string of the molecule is O=C(COc1ccc(Cl)cc1Cl)NCC#CCOc1cccc(C(F)(F)F)c1. The largest absolute Gasteiger partial charge is 0.482 e. The first kappa shape index (κ1) is 21.7. The van der Waals surface area contributed by atoms with Gasteiger partial charge in [-0.1, -0.05) is 41.1 Å². The summed E-state index contributed by atoms with van der Waals surface area (Å²) < 4.78 is 48.2. The van der Waals surface area contributed by atoms with Crippen LogP contribution in [0.2, 0.25) is 10.0 Å². The van der Waals surface area contributed by atoms with Gasteiger partial charge in [0.25, 0.3) is 5.91 Å². The zero-order valence-corrected chi connectivity index (χ0v) is 15.8. The summed E-state index contributed by atoms with van der Waals surface area (Å²) in [5.74, 6) is 5.17. The normalized spacial score (nSPS) is 10.6. The lowest BCUT2D eigenvalue weighted by Crippen LogP contribution is -2.29. The Morgan fingerprint density at radius 2 is 1.86 bits per heavy atom. The van der Waals surface area contributed by atoms with Gasteiger partial charge in [0.05, 0.1) is 17.1 Å². The summed E-state index contributed by atoms with van der Waals surface area (Å²) in [7, 11) is 0. The molecule has 0 saturated carbocycles. The van der Waals surface area contributed by atoms with Gasteiger partial charge in [-0.05, 0) is 36.4 Å². The topological polar surface area (TPSA) is 47.6 Å². The summed E-state index contributed by atoms with van der Waals surface area (Å²) in [5, 5.41) is 3.23. The summed E-state index contributed by atoms with van der Waals surface area (Å²) in [4.78, 5) is 11.7. The van der Waals surface area contributed by atoms with Crippen molar-refractivity contribution in [1.82, 2.24) is 5.32 Å². The number of hydrogen-bond donors (Lipinski definition) is 1. The molecule has 0 atom stereocenters. The van der Waals surface area contributed by atoms with Gasteiger partial charge in [-0.15, -0.1) is 0 Å². The number of carbonyl (C=O) groups is 1. The number of carbonyl (C=O) groups excluding carboxylic acids is 1. The fourth-order valence-electron chi connectivity index (χ4n) is 1.92. The summed E-state index contributed by atoms with van der Waals surface area (Å²) in [6, 6.07) is 9.11. The minimum absolute atomic E-state index is 0.0303. The van der Waals surface area contributed by atoms with Gasteiger partial charge in [0.1, 0.15) is 18.1 Å². The van der Waals surface area contributed by atoms with E-state index in [2.05, 4.69) is 17.2 Å².